The van der Waals surface area contributed by atoms with E-state index in [2.05, 4.69) is 53.0 Å². The van der Waals surface area contributed by atoms with Crippen molar-refractivity contribution in [1.82, 2.24) is 19.5 Å². The molecule has 26 heavy (non-hydrogen) atoms. The first-order valence-electron chi connectivity index (χ1n) is 9.11. The van der Waals surface area contributed by atoms with Crippen LogP contribution in [-0.2, 0) is 9.52 Å². The number of likely N-dealkylation sites (N-methyl/N-ethyl adjacent to an activating group) is 2. The van der Waals surface area contributed by atoms with Gasteiger partial charge in [-0.3, -0.25) is 9.11 Å². The molecular formula is C18H41BN5OS+. The molecule has 3 aliphatic rings. The molecule has 0 aromatic carbocycles. The summed E-state index contributed by atoms with van der Waals surface area (Å²) in [7, 11) is 10.2. The molecule has 3 aliphatic heterocycles. The Morgan fingerprint density at radius 3 is 1.54 bits per heavy atom. The molecule has 8 heteroatoms. The molecule has 0 amide bonds. The highest BCUT2D eigenvalue weighted by molar-refractivity contribution is 8.00. The van der Waals surface area contributed by atoms with E-state index in [-0.39, 0.29) is 7.43 Å². The van der Waals surface area contributed by atoms with E-state index in [9.17, 15) is 4.21 Å². The van der Waals surface area contributed by atoms with Crippen molar-refractivity contribution in [2.45, 2.75) is 7.43 Å². The first-order chi connectivity index (χ1) is 11.7. The third-order valence-electron chi connectivity index (χ3n) is 4.82. The Bertz CT molecular complexity index is 458. The van der Waals surface area contributed by atoms with Crippen LogP contribution in [0.3, 0.4) is 0 Å². The fourth-order valence-electron chi connectivity index (χ4n) is 2.53. The molecular weight excluding hydrogens is 345 g/mol. The van der Waals surface area contributed by atoms with Crippen LogP contribution in [0.1, 0.15) is 7.43 Å². The summed E-state index contributed by atoms with van der Waals surface area (Å²) in [5.74, 6) is 5.23. The van der Waals surface area contributed by atoms with Gasteiger partial charge < -0.3 is 14.6 Å². The fraction of sp³-hybridized carbons (Fsp3) is 0.889. The third-order valence-corrected chi connectivity index (χ3v) is 6.68. The van der Waals surface area contributed by atoms with Crippen LogP contribution in [0.4, 0.5) is 0 Å². The smallest absolute Gasteiger partial charge is 0.182 e. The highest BCUT2D eigenvalue weighted by Crippen LogP contribution is 1.99. The first kappa shape index (κ1) is 25.6. The summed E-state index contributed by atoms with van der Waals surface area (Å²) in [6.07, 6.45) is 0. The lowest BCUT2D eigenvalue weighted by Gasteiger charge is -2.29. The van der Waals surface area contributed by atoms with Crippen LogP contribution in [0.25, 0.3) is 0 Å². The van der Waals surface area contributed by atoms with Gasteiger partial charge in [-0.25, -0.2) is 4.58 Å². The van der Waals surface area contributed by atoms with Crippen molar-refractivity contribution < 1.29 is 8.78 Å². The monoisotopic (exact) mass is 386 g/mol. The summed E-state index contributed by atoms with van der Waals surface area (Å²) in [6, 6.07) is 0. The summed E-state index contributed by atoms with van der Waals surface area (Å²) >= 11 is 0. The molecule has 0 spiro atoms. The minimum absolute atomic E-state index is 0. The molecule has 0 bridgehead atoms. The van der Waals surface area contributed by atoms with Crippen LogP contribution in [0.2, 0.25) is 0 Å². The van der Waals surface area contributed by atoms with E-state index in [0.717, 1.165) is 63.9 Å². The summed E-state index contributed by atoms with van der Waals surface area (Å²) in [5, 5.41) is 0. The zero-order valence-electron chi connectivity index (χ0n) is 16.5. The number of hydrogen-bond donors (Lipinski definition) is 0. The Hall–Kier alpha value is -0.405. The zero-order valence-corrected chi connectivity index (χ0v) is 17.3. The Balaban J connectivity index is 0.000000355. The maximum Gasteiger partial charge on any atom is 0.182 e. The number of piperazine rings is 2. The lowest BCUT2D eigenvalue weighted by atomic mass is 10.2. The lowest BCUT2D eigenvalue weighted by Crippen LogP contribution is -2.42. The molecule has 0 aromatic heterocycles. The normalized spacial score (nSPS) is 25.1. The third kappa shape index (κ3) is 12.1. The van der Waals surface area contributed by atoms with Gasteiger partial charge in [0.25, 0.3) is 0 Å². The fourth-order valence-corrected chi connectivity index (χ4v) is 4.02. The number of nitrogens with zero attached hydrogens (tertiary/aromatic N) is 5. The van der Waals surface area contributed by atoms with Gasteiger partial charge in [0, 0.05) is 37.7 Å². The van der Waals surface area contributed by atoms with Crippen molar-refractivity contribution >= 4 is 30.1 Å². The molecule has 2 radical (unpaired) electrons. The van der Waals surface area contributed by atoms with Gasteiger partial charge in [0.2, 0.25) is 0 Å². The van der Waals surface area contributed by atoms with Gasteiger partial charge in [-0.15, -0.1) is 0 Å². The van der Waals surface area contributed by atoms with E-state index in [1.165, 1.54) is 13.1 Å². The van der Waals surface area contributed by atoms with E-state index in [0.29, 0.717) is 0 Å². The molecule has 0 atom stereocenters. The Morgan fingerprint density at radius 2 is 1.19 bits per heavy atom. The van der Waals surface area contributed by atoms with Crippen molar-refractivity contribution in [3.8, 4) is 0 Å². The molecule has 0 N–H and O–H groups in total. The molecule has 0 aliphatic carbocycles. The van der Waals surface area contributed by atoms with Gasteiger partial charge in [0.05, 0.1) is 13.1 Å². The summed E-state index contributed by atoms with van der Waals surface area (Å²) < 4.78 is 13.3. The molecule has 6 nitrogen and oxygen atoms in total. The van der Waals surface area contributed by atoms with E-state index in [1.54, 1.807) is 0 Å². The Morgan fingerprint density at radius 1 is 0.808 bits per heavy atom. The molecule has 3 fully saturated rings. The van der Waals surface area contributed by atoms with E-state index < -0.39 is 9.52 Å². The Labute approximate surface area is 164 Å². The average Bonchev–Trinajstić information content (AvgIpc) is 2.57. The van der Waals surface area contributed by atoms with Crippen molar-refractivity contribution in [3.63, 3.8) is 0 Å². The predicted molar refractivity (Wildman–Crippen MR) is 119 cm³/mol. The van der Waals surface area contributed by atoms with Crippen LogP contribution >= 0.6 is 0 Å². The average molecular weight is 386 g/mol. The highest BCUT2D eigenvalue weighted by atomic mass is 32.2. The van der Waals surface area contributed by atoms with E-state index in [4.69, 9.17) is 7.98 Å². The van der Waals surface area contributed by atoms with Gasteiger partial charge in [-0.1, -0.05) is 7.43 Å². The van der Waals surface area contributed by atoms with Crippen LogP contribution in [0, 0.1) is 0 Å². The van der Waals surface area contributed by atoms with Gasteiger partial charge in [0.15, 0.2) is 21.1 Å². The van der Waals surface area contributed by atoms with Crippen molar-refractivity contribution in [2.75, 3.05) is 98.1 Å². The van der Waals surface area contributed by atoms with Crippen molar-refractivity contribution in [3.05, 3.63) is 0 Å². The highest BCUT2D eigenvalue weighted by Gasteiger charge is 2.13. The SMILES string of the molecule is C.C=S1(=O)CCN(C)CC1.C=[N+]1CCN(C)CC1.[B]N1CCN(C)CC1. The van der Waals surface area contributed by atoms with Crippen molar-refractivity contribution in [2.24, 2.45) is 0 Å². The van der Waals surface area contributed by atoms with Gasteiger partial charge in [-0.2, -0.15) is 0 Å². The van der Waals surface area contributed by atoms with Crippen LogP contribution in [-0.4, -0.2) is 147 Å². The largest absolute Gasteiger partial charge is 0.351 e. The van der Waals surface area contributed by atoms with Gasteiger partial charge in [0.1, 0.15) is 6.72 Å². The number of rotatable bonds is 0. The minimum atomic E-state index is -1.66. The minimum Gasteiger partial charge on any atom is -0.351 e. The topological polar surface area (TPSA) is 33.0 Å². The zero-order chi connectivity index (χ0) is 18.9. The summed E-state index contributed by atoms with van der Waals surface area (Å²) in [6.45, 7) is 14.6. The second kappa shape index (κ2) is 12.9. The molecule has 3 rings (SSSR count). The van der Waals surface area contributed by atoms with Crippen LogP contribution in [0.15, 0.2) is 0 Å². The van der Waals surface area contributed by atoms with Gasteiger partial charge >= 0.3 is 0 Å². The summed E-state index contributed by atoms with van der Waals surface area (Å²) in [4.78, 5) is 8.65. The molecule has 0 unspecified atom stereocenters. The molecule has 152 valence electrons. The van der Waals surface area contributed by atoms with Crippen LogP contribution in [0.5, 0.6) is 0 Å². The predicted octanol–water partition coefficient (Wildman–Crippen LogP) is -0.753. The Kier molecular flexibility index (Phi) is 12.7. The maximum atomic E-state index is 11.2. The van der Waals surface area contributed by atoms with Crippen LogP contribution < -0.4 is 0 Å². The van der Waals surface area contributed by atoms with Gasteiger partial charge in [-0.05, 0) is 49.6 Å². The van der Waals surface area contributed by atoms with Crippen molar-refractivity contribution in [1.29, 1.82) is 0 Å². The van der Waals surface area contributed by atoms with E-state index >= 15 is 0 Å². The lowest BCUT2D eigenvalue weighted by molar-refractivity contribution is -0.530. The summed E-state index contributed by atoms with van der Waals surface area (Å²) in [5.41, 5.74) is 0. The second-order valence-electron chi connectivity index (χ2n) is 7.44. The maximum absolute atomic E-state index is 11.2. The van der Waals surface area contributed by atoms with E-state index in [1.807, 2.05) is 4.81 Å². The standard InChI is InChI=1S/C6H13N2.C6H13NOS.C5H11BN2.CH4/c1-7-3-5-8(2)6-4-7;1-7-3-5-9(2,8)6-4-7;1-7-2-4-8(6)5-3-7;/h1,3-6H2,2H3;2-6H2,1H3;2-5H2,1H3;1H4/q+1;;;. The molecule has 3 heterocycles. The molecule has 0 aromatic rings. The molecule has 3 saturated heterocycles. The number of hydrogen-bond acceptors (Lipinski definition) is 5. The second-order valence-corrected chi connectivity index (χ2v) is 10.2. The first-order valence-corrected chi connectivity index (χ1v) is 11.2. The molecule has 0 saturated carbocycles. The quantitative estimate of drug-likeness (QED) is 0.311.